The van der Waals surface area contributed by atoms with Crippen molar-refractivity contribution in [1.82, 2.24) is 19.3 Å². The monoisotopic (exact) mass is 284 g/mol. The van der Waals surface area contributed by atoms with Gasteiger partial charge in [-0.3, -0.25) is 9.98 Å². The van der Waals surface area contributed by atoms with Gasteiger partial charge in [-0.15, -0.1) is 0 Å². The van der Waals surface area contributed by atoms with Crippen LogP contribution in [0.2, 0.25) is 0 Å². The zero-order valence-corrected chi connectivity index (χ0v) is 10.2. The highest BCUT2D eigenvalue weighted by molar-refractivity contribution is 5.68. The second-order valence-corrected chi connectivity index (χ2v) is 4.49. The topological polar surface area (TPSA) is 150 Å². The summed E-state index contributed by atoms with van der Waals surface area (Å²) in [4.78, 5) is 7.85. The predicted molar refractivity (Wildman–Crippen MR) is 61.6 cm³/mol. The Kier molecular flexibility index (Phi) is 2.94. The summed E-state index contributed by atoms with van der Waals surface area (Å²) in [5.41, 5.74) is 0.0726. The Morgan fingerprint density at radius 2 is 2.00 bits per heavy atom. The summed E-state index contributed by atoms with van der Waals surface area (Å²) >= 11 is 0. The lowest BCUT2D eigenvalue weighted by molar-refractivity contribution is -0.0511. The van der Waals surface area contributed by atoms with Gasteiger partial charge in [0, 0.05) is 0 Å². The summed E-state index contributed by atoms with van der Waals surface area (Å²) in [7, 11) is 0. The highest BCUT2D eigenvalue weighted by Crippen LogP contribution is 2.30. The van der Waals surface area contributed by atoms with Crippen molar-refractivity contribution in [3.8, 4) is 0 Å². The van der Waals surface area contributed by atoms with Crippen LogP contribution in [0.1, 0.15) is 6.23 Å². The third-order valence-corrected chi connectivity index (χ3v) is 3.30. The van der Waals surface area contributed by atoms with Crippen LogP contribution in [0.4, 0.5) is 0 Å². The number of aliphatic hydroxyl groups is 3. The maximum Gasteiger partial charge on any atom is 0.192 e. The van der Waals surface area contributed by atoms with E-state index >= 15 is 0 Å². The third kappa shape index (κ3) is 1.70. The van der Waals surface area contributed by atoms with Gasteiger partial charge in [0.05, 0.1) is 12.9 Å². The molecule has 2 aromatic heterocycles. The van der Waals surface area contributed by atoms with Gasteiger partial charge in [0.25, 0.3) is 0 Å². The first-order chi connectivity index (χ1) is 9.54. The fourth-order valence-electron chi connectivity index (χ4n) is 2.22. The van der Waals surface area contributed by atoms with Gasteiger partial charge in [-0.25, -0.2) is 9.97 Å². The van der Waals surface area contributed by atoms with E-state index in [9.17, 15) is 15.4 Å². The highest BCUT2D eigenvalue weighted by atomic mass is 16.6. The average molecular weight is 284 g/mol. The van der Waals surface area contributed by atoms with Gasteiger partial charge < -0.3 is 25.3 Å². The van der Waals surface area contributed by atoms with E-state index in [0.717, 1.165) is 6.33 Å². The number of hydrogen-bond acceptors (Lipinski definition) is 8. The zero-order chi connectivity index (χ0) is 14.4. The van der Waals surface area contributed by atoms with Crippen LogP contribution in [0.3, 0.4) is 0 Å². The van der Waals surface area contributed by atoms with Crippen LogP contribution in [0, 0.1) is 5.41 Å². The molecule has 10 heteroatoms. The number of aromatic nitrogens is 4. The van der Waals surface area contributed by atoms with Crippen molar-refractivity contribution in [1.29, 1.82) is 5.41 Å². The predicted octanol–water partition coefficient (Wildman–Crippen LogP) is -2.44. The van der Waals surface area contributed by atoms with E-state index in [1.54, 1.807) is 0 Å². The molecule has 1 saturated heterocycles. The van der Waals surface area contributed by atoms with Crippen LogP contribution in [0.5, 0.6) is 0 Å². The molecule has 1 fully saturated rings. The molecule has 0 radical (unpaired) electrons. The molecule has 0 amide bonds. The van der Waals surface area contributed by atoms with Gasteiger partial charge >= 0.3 is 0 Å². The van der Waals surface area contributed by atoms with Crippen LogP contribution in [-0.2, 0) is 4.74 Å². The molecule has 20 heavy (non-hydrogen) atoms. The summed E-state index contributed by atoms with van der Waals surface area (Å²) < 4.78 is 7.22. The van der Waals surface area contributed by atoms with E-state index in [1.807, 2.05) is 0 Å². The minimum atomic E-state index is -1.26. The molecular formula is C10H13N5O5. The normalized spacial score (nSPS) is 30.1. The molecule has 108 valence electrons. The summed E-state index contributed by atoms with van der Waals surface area (Å²) in [5, 5.41) is 45.7. The van der Waals surface area contributed by atoms with Crippen molar-refractivity contribution < 1.29 is 25.3 Å². The lowest BCUT2D eigenvalue weighted by atomic mass is 10.1. The fourth-order valence-corrected chi connectivity index (χ4v) is 2.22. The molecule has 2 aromatic rings. The molecule has 0 aromatic carbocycles. The van der Waals surface area contributed by atoms with Crippen LogP contribution >= 0.6 is 0 Å². The summed E-state index contributed by atoms with van der Waals surface area (Å²) in [6.45, 7) is -0.435. The van der Waals surface area contributed by atoms with Crippen molar-refractivity contribution in [3.05, 3.63) is 18.1 Å². The number of rotatable bonds is 2. The zero-order valence-electron chi connectivity index (χ0n) is 10.2. The average Bonchev–Trinajstić information content (AvgIpc) is 2.98. The SMILES string of the molecule is N=c1c2nc[15n]([C@@H]3O[C@H](CO)[C@@H](O)[C@H]3O)c2ncn1O. The van der Waals surface area contributed by atoms with E-state index < -0.39 is 31.1 Å². The highest BCUT2D eigenvalue weighted by Gasteiger charge is 2.43. The molecule has 0 saturated carbocycles. The molecule has 10 nitrogen and oxygen atoms in total. The van der Waals surface area contributed by atoms with Crippen LogP contribution in [0.25, 0.3) is 11.2 Å². The van der Waals surface area contributed by atoms with Crippen LogP contribution in [0.15, 0.2) is 12.7 Å². The largest absolute Gasteiger partial charge is 0.425 e. The standard InChI is InChI=1S/C10H13N5O5/c11-8-5-9(13-3-15(8)19)14(2-12-5)10-7(18)6(17)4(1-16)20-10/h2-4,6-7,10-11,16-19H,1H2/t4-,6-,7-,10-/m1/s1/i14+1. The lowest BCUT2D eigenvalue weighted by Gasteiger charge is -2.16. The molecule has 1 aliphatic rings. The first-order valence-corrected chi connectivity index (χ1v) is 5.85. The van der Waals surface area contributed by atoms with E-state index in [-0.39, 0.29) is 16.7 Å². The number of ether oxygens (including phenoxy) is 1. The second-order valence-electron chi connectivity index (χ2n) is 4.49. The van der Waals surface area contributed by atoms with Crippen LogP contribution < -0.4 is 5.49 Å². The maximum atomic E-state index is 9.95. The number of fused-ring (bicyclic) bond motifs is 1. The first-order valence-electron chi connectivity index (χ1n) is 5.85. The maximum absolute atomic E-state index is 9.95. The summed E-state index contributed by atoms with van der Waals surface area (Å²) in [6.07, 6.45) is -2.07. The molecule has 0 spiro atoms. The number of nitrogens with zero attached hydrogens (tertiary/aromatic N) is 4. The minimum Gasteiger partial charge on any atom is -0.425 e. The van der Waals surface area contributed by atoms with Gasteiger partial charge in [0.15, 0.2) is 22.9 Å². The molecule has 0 aliphatic carbocycles. The second kappa shape index (κ2) is 4.52. The van der Waals surface area contributed by atoms with Gasteiger partial charge in [-0.05, 0) is 0 Å². The molecule has 4 atom stereocenters. The molecule has 3 heterocycles. The Morgan fingerprint density at radius 1 is 1.25 bits per heavy atom. The van der Waals surface area contributed by atoms with Gasteiger partial charge in [-0.2, -0.15) is 4.73 Å². The fraction of sp³-hybridized carbons (Fsp3) is 0.500. The van der Waals surface area contributed by atoms with Gasteiger partial charge in [0.1, 0.15) is 24.6 Å². The Balaban J connectivity index is 2.08. The Hall–Kier alpha value is -2.01. The summed E-state index contributed by atoms with van der Waals surface area (Å²) in [5.74, 6) is 0. The number of hydrogen-bond donors (Lipinski definition) is 5. The smallest absolute Gasteiger partial charge is 0.192 e. The van der Waals surface area contributed by atoms with E-state index in [0.29, 0.717) is 4.73 Å². The third-order valence-electron chi connectivity index (χ3n) is 3.30. The summed E-state index contributed by atoms with van der Waals surface area (Å²) in [6, 6.07) is 0. The minimum absolute atomic E-state index is 0.118. The molecular weight excluding hydrogens is 271 g/mol. The molecule has 5 N–H and O–H groups in total. The van der Waals surface area contributed by atoms with Gasteiger partial charge in [-0.1, -0.05) is 0 Å². The Bertz CT molecular complexity index is 697. The first kappa shape index (κ1) is 13.0. The molecule has 3 rings (SSSR count). The van der Waals surface area contributed by atoms with Crippen molar-refractivity contribution in [2.75, 3.05) is 6.61 Å². The van der Waals surface area contributed by atoms with E-state index in [1.165, 1.54) is 10.9 Å². The number of imidazole rings is 1. The van der Waals surface area contributed by atoms with Crippen molar-refractivity contribution in [2.24, 2.45) is 0 Å². The molecule has 0 bridgehead atoms. The Morgan fingerprint density at radius 3 is 2.65 bits per heavy atom. The van der Waals surface area contributed by atoms with Gasteiger partial charge in [0.2, 0.25) is 0 Å². The van der Waals surface area contributed by atoms with E-state index in [4.69, 9.17) is 15.3 Å². The quantitative estimate of drug-likeness (QED) is 0.384. The van der Waals surface area contributed by atoms with Crippen molar-refractivity contribution in [3.63, 3.8) is 0 Å². The Labute approximate surface area is 111 Å². The van der Waals surface area contributed by atoms with Crippen molar-refractivity contribution >= 4 is 11.2 Å². The molecule has 0 unspecified atom stereocenters. The molecule has 1 aliphatic heterocycles. The van der Waals surface area contributed by atoms with Crippen molar-refractivity contribution in [2.45, 2.75) is 24.5 Å². The number of aliphatic hydroxyl groups excluding tert-OH is 3. The van der Waals surface area contributed by atoms with Crippen LogP contribution in [-0.4, -0.2) is 64.7 Å². The van der Waals surface area contributed by atoms with E-state index in [2.05, 4.69) is 9.97 Å². The lowest BCUT2D eigenvalue weighted by Crippen LogP contribution is -2.33. The number of nitrogens with one attached hydrogen (secondary N) is 1.